The number of rotatable bonds is 8. The van der Waals surface area contributed by atoms with Gasteiger partial charge < -0.3 is 23.9 Å². The average Bonchev–Trinajstić information content (AvgIpc) is 3.73. The Bertz CT molecular complexity index is 2810. The van der Waals surface area contributed by atoms with E-state index < -0.39 is 5.43 Å². The average molecular weight is 986 g/mol. The Kier molecular flexibility index (Phi) is 13.9. The van der Waals surface area contributed by atoms with Gasteiger partial charge in [-0.2, -0.15) is 10.2 Å². The molecule has 0 bridgehead atoms. The molecule has 4 saturated carbocycles. The highest BCUT2D eigenvalue weighted by Gasteiger charge is 2.57. The summed E-state index contributed by atoms with van der Waals surface area (Å²) >= 11 is 5.27. The first-order chi connectivity index (χ1) is 34.2. The lowest BCUT2D eigenvalue weighted by Crippen LogP contribution is -2.36. The van der Waals surface area contributed by atoms with Crippen molar-refractivity contribution in [1.29, 1.82) is 0 Å². The molecule has 0 unspecified atom stereocenters. The molecule has 4 fully saturated rings. The molecule has 6 heterocycles. The topological polar surface area (TPSA) is 153 Å². The molecular weight excluding hydrogens is 916 g/mol. The van der Waals surface area contributed by atoms with Crippen molar-refractivity contribution in [2.45, 2.75) is 116 Å². The second-order valence-corrected chi connectivity index (χ2v) is 22.2. The summed E-state index contributed by atoms with van der Waals surface area (Å²) < 4.78 is 28.5. The lowest BCUT2D eigenvalue weighted by Gasteiger charge is -2.36. The van der Waals surface area contributed by atoms with Crippen LogP contribution in [0.4, 0.5) is 9.59 Å². The summed E-state index contributed by atoms with van der Waals surface area (Å²) in [6.07, 6.45) is 17.1. The molecule has 0 amide bonds. The van der Waals surface area contributed by atoms with E-state index in [1.807, 2.05) is 60.4 Å². The van der Waals surface area contributed by atoms with E-state index in [9.17, 15) is 9.59 Å². The summed E-state index contributed by atoms with van der Waals surface area (Å²) in [5, 5.41) is 8.57. The van der Waals surface area contributed by atoms with Crippen molar-refractivity contribution in [3.05, 3.63) is 108 Å². The van der Waals surface area contributed by atoms with Gasteiger partial charge in [0.1, 0.15) is 30.0 Å². The largest absolute Gasteiger partial charge is 0.493 e. The van der Waals surface area contributed by atoms with E-state index in [4.69, 9.17) is 30.5 Å². The number of carbonyl (C=O) groups excluding carboxylic acids is 2. The second-order valence-electron chi connectivity index (χ2n) is 21.9. The molecule has 0 radical (unpaired) electrons. The second kappa shape index (κ2) is 20.3. The van der Waals surface area contributed by atoms with Crippen LogP contribution in [-0.2, 0) is 23.6 Å². The lowest BCUT2D eigenvalue weighted by atomic mass is 9.75. The van der Waals surface area contributed by atoms with Crippen LogP contribution >= 0.6 is 11.6 Å². The van der Waals surface area contributed by atoms with Gasteiger partial charge in [-0.05, 0) is 121 Å². The Morgan fingerprint density at radius 2 is 1.25 bits per heavy atom. The number of hydrogen-bond acceptors (Lipinski definition) is 10. The first-order valence-corrected chi connectivity index (χ1v) is 26.2. The van der Waals surface area contributed by atoms with Crippen molar-refractivity contribution in [1.82, 2.24) is 39.1 Å². The van der Waals surface area contributed by atoms with Gasteiger partial charge in [0.2, 0.25) is 0 Å². The summed E-state index contributed by atoms with van der Waals surface area (Å²) in [6, 6.07) is 16.9. The number of halogens is 1. The van der Waals surface area contributed by atoms with E-state index in [1.54, 1.807) is 12.7 Å². The van der Waals surface area contributed by atoms with Crippen LogP contribution in [0.1, 0.15) is 126 Å². The number of imidazole rings is 2. The number of nitrogens with one attached hydrogen (secondary N) is 1. The molecule has 376 valence electrons. The van der Waals surface area contributed by atoms with Gasteiger partial charge in [-0.3, -0.25) is 9.36 Å². The summed E-state index contributed by atoms with van der Waals surface area (Å²) in [5.41, 5.74) is 8.57. The molecule has 12 atom stereocenters. The fraction of sp³-hybridized carbons (Fsp3) is 0.536. The Morgan fingerprint density at radius 3 is 1.75 bits per heavy atom. The molecule has 14 nitrogen and oxygen atoms in total. The number of carbonyl (C=O) groups is 2. The molecule has 2 aliphatic heterocycles. The Hall–Kier alpha value is -5.89. The van der Waals surface area contributed by atoms with Crippen molar-refractivity contribution in [3.63, 3.8) is 0 Å². The maximum Gasteiger partial charge on any atom is 0.419 e. The predicted molar refractivity (Wildman–Crippen MR) is 272 cm³/mol. The third-order valence-corrected chi connectivity index (χ3v) is 16.7. The van der Waals surface area contributed by atoms with Gasteiger partial charge in [0, 0.05) is 103 Å². The number of aromatic amines is 1. The zero-order valence-corrected chi connectivity index (χ0v) is 43.0. The summed E-state index contributed by atoms with van der Waals surface area (Å²) in [5.74, 6) is 7.78. The molecule has 6 aliphatic rings. The van der Waals surface area contributed by atoms with Gasteiger partial charge in [-0.25, -0.2) is 24.1 Å². The standard InChI is InChI=1S/C28H34N4O3.C17H16N4O.C11H19ClO2/c1-16(2)19-7-5-17(3)11-25(19)35-28(33)32-13-22(29-15-32)27-21-14-34-24-8-6-18(12-20(24)26(21)27)23-9-10-30-31(23)4;1-21-14(4-5-20-21)10-2-3-15-11(6-10)16-12(8-22-15)17(16)13-7-18-9-19-13;1-7(2)9-5-4-8(3)6-10(9)14-11(12)13/h6,8-10,12-13,15-17,19,21,25-27H,5,7,11,14H2,1-4H3;2-7,9,12,16-17H,8H2,1H3,(H,18,19);7-10H,4-6H2,1-3H3/t17-,19+,21+,25-,26-,27+;12-,16+,17-;8-,9+,10-/m101/s1. The minimum Gasteiger partial charge on any atom is -0.493 e. The number of H-pyrrole nitrogens is 1. The zero-order chi connectivity index (χ0) is 49.7. The number of fused-ring (bicyclic) bond motifs is 6. The molecule has 0 saturated heterocycles. The maximum atomic E-state index is 13.0. The maximum absolute atomic E-state index is 13.0. The molecule has 0 spiro atoms. The molecule has 71 heavy (non-hydrogen) atoms. The fourth-order valence-electron chi connectivity index (χ4n) is 12.6. The van der Waals surface area contributed by atoms with Gasteiger partial charge >= 0.3 is 11.5 Å². The van der Waals surface area contributed by atoms with Crippen LogP contribution in [0.25, 0.3) is 22.5 Å². The Labute approximate surface area is 422 Å². The van der Waals surface area contributed by atoms with Gasteiger partial charge in [0.15, 0.2) is 0 Å². The monoisotopic (exact) mass is 985 g/mol. The van der Waals surface area contributed by atoms with Crippen LogP contribution in [-0.4, -0.2) is 76.0 Å². The van der Waals surface area contributed by atoms with E-state index >= 15 is 0 Å². The van der Waals surface area contributed by atoms with Crippen molar-refractivity contribution in [2.24, 2.45) is 61.4 Å². The Morgan fingerprint density at radius 1 is 0.718 bits per heavy atom. The lowest BCUT2D eigenvalue weighted by molar-refractivity contribution is 0.00670. The van der Waals surface area contributed by atoms with E-state index in [0.717, 1.165) is 66.4 Å². The highest BCUT2D eigenvalue weighted by atomic mass is 35.5. The third kappa shape index (κ3) is 10.1. The van der Waals surface area contributed by atoms with E-state index in [2.05, 4.69) is 103 Å². The summed E-state index contributed by atoms with van der Waals surface area (Å²) in [6.45, 7) is 14.7. The van der Waals surface area contributed by atoms with Crippen molar-refractivity contribution >= 4 is 23.1 Å². The fourth-order valence-corrected chi connectivity index (χ4v) is 12.7. The predicted octanol–water partition coefficient (Wildman–Crippen LogP) is 12.1. The van der Waals surface area contributed by atoms with Crippen LogP contribution in [0, 0.1) is 47.3 Å². The van der Waals surface area contributed by atoms with Crippen LogP contribution in [0.15, 0.2) is 86.0 Å². The van der Waals surface area contributed by atoms with Crippen molar-refractivity contribution in [2.75, 3.05) is 13.2 Å². The number of hydrogen-bond donors (Lipinski definition) is 1. The van der Waals surface area contributed by atoms with Crippen LogP contribution in [0.3, 0.4) is 0 Å². The SMILES string of the molecule is CC(C)[C@@H]1CC[C@@H](C)C[C@H]1OC(=O)Cl.CC(C)[C@@H]1CC[C@@H](C)C[C@H]1OC(=O)n1cnc([C@@H]2[C@H]3COc4ccc(-c5ccnn5C)cc4[C@H]32)c1.Cn1nccc1-c1ccc2c(c1)[C@@H]1[C@H](CO2)[C@H]1c1cnc[nH]1. The normalized spacial score (nSPS) is 28.8. The molecule has 2 aromatic carbocycles. The summed E-state index contributed by atoms with van der Waals surface area (Å²) in [7, 11) is 3.93. The third-order valence-electron chi connectivity index (χ3n) is 16.6. The quantitative estimate of drug-likeness (QED) is 0.146. The molecule has 12 rings (SSSR count). The molecule has 1 N–H and O–H groups in total. The highest BCUT2D eigenvalue weighted by Crippen LogP contribution is 2.65. The number of nitrogens with zero attached hydrogens (tertiary/aromatic N) is 7. The van der Waals surface area contributed by atoms with E-state index in [0.29, 0.717) is 71.7 Å². The van der Waals surface area contributed by atoms with Gasteiger partial charge in [0.05, 0.1) is 36.6 Å². The minimum atomic E-state index is -0.658. The van der Waals surface area contributed by atoms with Gasteiger partial charge in [0.25, 0.3) is 0 Å². The van der Waals surface area contributed by atoms with Crippen LogP contribution in [0.2, 0.25) is 0 Å². The zero-order valence-electron chi connectivity index (χ0n) is 42.3. The van der Waals surface area contributed by atoms with Crippen molar-refractivity contribution < 1.29 is 28.5 Å². The molecule has 15 heteroatoms. The van der Waals surface area contributed by atoms with Gasteiger partial charge in [-0.15, -0.1) is 0 Å². The first-order valence-electron chi connectivity index (χ1n) is 25.8. The van der Waals surface area contributed by atoms with Crippen molar-refractivity contribution in [3.8, 4) is 34.0 Å². The van der Waals surface area contributed by atoms with E-state index in [1.165, 1.54) is 39.8 Å². The first kappa shape index (κ1) is 48.7. The van der Waals surface area contributed by atoms with Crippen LogP contribution < -0.4 is 9.47 Å². The minimum absolute atomic E-state index is 0.0219. The highest BCUT2D eigenvalue weighted by molar-refractivity contribution is 6.61. The molecule has 6 aromatic rings. The number of aromatic nitrogens is 8. The molecular formula is C56H69ClN8O6. The number of benzene rings is 2. The number of ether oxygens (including phenoxy) is 4. The molecule has 4 aliphatic carbocycles. The summed E-state index contributed by atoms with van der Waals surface area (Å²) in [4.78, 5) is 35.8. The van der Waals surface area contributed by atoms with Gasteiger partial charge in [-0.1, -0.05) is 54.4 Å². The van der Waals surface area contributed by atoms with Crippen LogP contribution in [0.5, 0.6) is 11.5 Å². The number of aryl methyl sites for hydroxylation is 2. The Balaban J connectivity index is 0.000000137. The molecule has 4 aromatic heterocycles. The smallest absolute Gasteiger partial charge is 0.419 e. The van der Waals surface area contributed by atoms with E-state index in [-0.39, 0.29) is 24.2 Å².